The van der Waals surface area contributed by atoms with Gasteiger partial charge in [0.25, 0.3) is 0 Å². The van der Waals surface area contributed by atoms with E-state index in [1.165, 1.54) is 37.0 Å². The van der Waals surface area contributed by atoms with Gasteiger partial charge in [0.2, 0.25) is 5.78 Å². The number of esters is 1. The molecule has 3 atom stereocenters. The molecule has 40 heavy (non-hydrogen) atoms. The van der Waals surface area contributed by atoms with E-state index in [0.29, 0.717) is 22.6 Å². The summed E-state index contributed by atoms with van der Waals surface area (Å²) in [6.45, 7) is -0.218. The number of aliphatic hydroxyl groups is 1. The number of hydrogen-bond acceptors (Lipinski definition) is 9. The highest BCUT2D eigenvalue weighted by Crippen LogP contribution is 2.54. The number of para-hydroxylation sites is 2. The van der Waals surface area contributed by atoms with Crippen molar-refractivity contribution in [1.82, 2.24) is 19.5 Å². The minimum Gasteiger partial charge on any atom is -0.462 e. The number of aliphatic hydroxyl groups excluding tert-OH is 1. The number of nitrogens with zero attached hydrogens (tertiary/aromatic N) is 4. The standard InChI is InChI=1S/C28H24F2N4O5S/c1-3-38-27(37)23-21(16-8-9-31-25(32-16)24(36)13(2)35)19(39-28(29)30)11-20-22(23)18-10-14(12-40-20)26-33-15-6-4-5-7-17(15)34(18)26/h4-9,11,13-14,18,28,35H,3,10,12H2,1-2H3/t13?,14-,18-/m0/s1. The van der Waals surface area contributed by atoms with Gasteiger partial charge in [-0.3, -0.25) is 4.79 Å². The number of ketones is 1. The number of aromatic nitrogens is 4. The third kappa shape index (κ3) is 4.31. The molecule has 0 fully saturated rings. The molecular formula is C28H24F2N4O5S. The molecule has 0 saturated carbocycles. The van der Waals surface area contributed by atoms with E-state index in [-0.39, 0.29) is 47.0 Å². The molecule has 2 aromatic heterocycles. The molecule has 2 aliphatic heterocycles. The quantitative estimate of drug-likeness (QED) is 0.243. The SMILES string of the molecule is CCOC(=O)c1c(-c2ccnc(C(=O)C(C)O)n2)c(OC(F)F)cc2c1[C@@H]1C[C@@H](CS2)c2nc3ccccc3n21. The van der Waals surface area contributed by atoms with Gasteiger partial charge in [-0.15, -0.1) is 11.8 Å². The fourth-order valence-electron chi connectivity index (χ4n) is 5.50. The van der Waals surface area contributed by atoms with Gasteiger partial charge in [-0.2, -0.15) is 8.78 Å². The van der Waals surface area contributed by atoms with Crippen molar-refractivity contribution in [2.24, 2.45) is 0 Å². The number of carbonyl (C=O) groups excluding carboxylic acids is 2. The lowest BCUT2D eigenvalue weighted by atomic mass is 9.90. The van der Waals surface area contributed by atoms with Crippen LogP contribution >= 0.6 is 11.8 Å². The highest BCUT2D eigenvalue weighted by atomic mass is 32.2. The summed E-state index contributed by atoms with van der Waals surface area (Å²) >= 11 is 1.45. The summed E-state index contributed by atoms with van der Waals surface area (Å²) < 4.78 is 40.0. The van der Waals surface area contributed by atoms with E-state index >= 15 is 0 Å². The Morgan fingerprint density at radius 2 is 2.02 bits per heavy atom. The van der Waals surface area contributed by atoms with E-state index in [1.54, 1.807) is 6.92 Å². The van der Waals surface area contributed by atoms with Crippen molar-refractivity contribution < 1.29 is 33.0 Å². The van der Waals surface area contributed by atoms with Crippen LogP contribution in [0.4, 0.5) is 8.78 Å². The average Bonchev–Trinajstić information content (AvgIpc) is 3.41. The molecule has 4 heterocycles. The third-order valence-electron chi connectivity index (χ3n) is 7.08. The van der Waals surface area contributed by atoms with Gasteiger partial charge in [0.1, 0.15) is 17.7 Å². The maximum absolute atomic E-state index is 13.7. The number of halogens is 2. The molecule has 0 aliphatic carbocycles. The molecule has 0 saturated heterocycles. The van der Waals surface area contributed by atoms with Crippen molar-refractivity contribution in [1.29, 1.82) is 0 Å². The summed E-state index contributed by atoms with van der Waals surface area (Å²) in [5.74, 6) is -0.474. The fraction of sp³-hybridized carbons (Fsp3) is 0.321. The molecule has 6 rings (SSSR count). The molecule has 1 N–H and O–H groups in total. The van der Waals surface area contributed by atoms with Crippen molar-refractivity contribution in [3.63, 3.8) is 0 Å². The van der Waals surface area contributed by atoms with Crippen molar-refractivity contribution in [3.05, 3.63) is 65.4 Å². The zero-order chi connectivity index (χ0) is 28.1. The Labute approximate surface area is 231 Å². The Balaban J connectivity index is 1.66. The zero-order valence-corrected chi connectivity index (χ0v) is 22.3. The first-order valence-electron chi connectivity index (χ1n) is 12.8. The van der Waals surface area contributed by atoms with Crippen molar-refractivity contribution >= 4 is 34.5 Å². The van der Waals surface area contributed by atoms with Gasteiger partial charge in [0, 0.05) is 28.3 Å². The Morgan fingerprint density at radius 1 is 1.23 bits per heavy atom. The smallest absolute Gasteiger partial charge is 0.387 e. The second kappa shape index (κ2) is 10.3. The molecule has 1 unspecified atom stereocenters. The lowest BCUT2D eigenvalue weighted by Gasteiger charge is -2.25. The second-order valence-corrected chi connectivity index (χ2v) is 10.6. The van der Waals surface area contributed by atoms with Crippen LogP contribution in [0.25, 0.3) is 22.3 Å². The molecule has 0 amide bonds. The highest BCUT2D eigenvalue weighted by molar-refractivity contribution is 7.99. The van der Waals surface area contributed by atoms with Gasteiger partial charge in [-0.25, -0.2) is 19.7 Å². The minimum absolute atomic E-state index is 0.0139. The first kappa shape index (κ1) is 26.3. The molecular weight excluding hydrogens is 542 g/mol. The van der Waals surface area contributed by atoms with Crippen LogP contribution in [0.15, 0.2) is 47.5 Å². The van der Waals surface area contributed by atoms with Gasteiger partial charge >= 0.3 is 12.6 Å². The second-order valence-electron chi connectivity index (χ2n) is 9.53. The summed E-state index contributed by atoms with van der Waals surface area (Å²) in [4.78, 5) is 39.9. The van der Waals surface area contributed by atoms with Crippen LogP contribution in [-0.2, 0) is 4.74 Å². The lowest BCUT2D eigenvalue weighted by molar-refractivity contribution is -0.0497. The van der Waals surface area contributed by atoms with Crippen LogP contribution < -0.4 is 4.74 Å². The van der Waals surface area contributed by atoms with Crippen LogP contribution in [0.3, 0.4) is 0 Å². The molecule has 2 aromatic carbocycles. The van der Waals surface area contributed by atoms with Crippen molar-refractivity contribution in [2.75, 3.05) is 12.4 Å². The molecule has 206 valence electrons. The Hall–Kier alpha value is -3.90. The predicted molar refractivity (Wildman–Crippen MR) is 142 cm³/mol. The fourth-order valence-corrected chi connectivity index (χ4v) is 6.75. The summed E-state index contributed by atoms with van der Waals surface area (Å²) in [6.07, 6.45) is 0.541. The largest absolute Gasteiger partial charge is 0.462 e. The number of hydrogen-bond donors (Lipinski definition) is 1. The topological polar surface area (TPSA) is 116 Å². The number of fused-ring (bicyclic) bond motifs is 9. The normalized spacial score (nSPS) is 18.2. The highest BCUT2D eigenvalue weighted by Gasteiger charge is 2.42. The van der Waals surface area contributed by atoms with E-state index < -0.39 is 24.5 Å². The van der Waals surface area contributed by atoms with E-state index in [0.717, 1.165) is 16.9 Å². The van der Waals surface area contributed by atoms with Crippen LogP contribution in [-0.4, -0.2) is 61.5 Å². The van der Waals surface area contributed by atoms with E-state index in [4.69, 9.17) is 14.5 Å². The van der Waals surface area contributed by atoms with E-state index in [9.17, 15) is 23.5 Å². The number of carbonyl (C=O) groups is 2. The van der Waals surface area contributed by atoms with Crippen LogP contribution in [0, 0.1) is 0 Å². The summed E-state index contributed by atoms with van der Waals surface area (Å²) in [5.41, 5.74) is 2.35. The Morgan fingerprint density at radius 3 is 2.77 bits per heavy atom. The molecule has 0 radical (unpaired) electrons. The molecule has 9 nitrogen and oxygen atoms in total. The van der Waals surface area contributed by atoms with Crippen molar-refractivity contribution in [2.45, 2.75) is 49.8 Å². The zero-order valence-electron chi connectivity index (χ0n) is 21.5. The summed E-state index contributed by atoms with van der Waals surface area (Å²) in [5, 5.41) is 9.80. The first-order valence-corrected chi connectivity index (χ1v) is 13.7. The van der Waals surface area contributed by atoms with Crippen molar-refractivity contribution in [3.8, 4) is 17.0 Å². The van der Waals surface area contributed by atoms with E-state index in [2.05, 4.69) is 14.5 Å². The minimum atomic E-state index is -3.19. The summed E-state index contributed by atoms with van der Waals surface area (Å²) in [6, 6.07) is 10.3. The summed E-state index contributed by atoms with van der Waals surface area (Å²) in [7, 11) is 0. The molecule has 2 bridgehead atoms. The lowest BCUT2D eigenvalue weighted by Crippen LogP contribution is -2.20. The first-order chi connectivity index (χ1) is 19.3. The van der Waals surface area contributed by atoms with Gasteiger partial charge in [0.05, 0.1) is 40.5 Å². The number of imidazole rings is 1. The van der Waals surface area contributed by atoms with Gasteiger partial charge in [-0.1, -0.05) is 12.1 Å². The number of Topliss-reactive ketones (excluding diaryl/α,β-unsaturated/α-hetero) is 1. The van der Waals surface area contributed by atoms with Gasteiger partial charge in [0.15, 0.2) is 5.82 Å². The molecule has 4 aromatic rings. The number of thioether (sulfide) groups is 1. The third-order valence-corrected chi connectivity index (χ3v) is 8.30. The van der Waals surface area contributed by atoms with Crippen LogP contribution in [0.5, 0.6) is 5.75 Å². The van der Waals surface area contributed by atoms with Crippen LogP contribution in [0.1, 0.15) is 64.6 Å². The monoisotopic (exact) mass is 566 g/mol. The maximum Gasteiger partial charge on any atom is 0.387 e. The number of benzene rings is 2. The number of ether oxygens (including phenoxy) is 2. The van der Waals surface area contributed by atoms with E-state index in [1.807, 2.05) is 24.3 Å². The van der Waals surface area contributed by atoms with Gasteiger partial charge < -0.3 is 19.1 Å². The molecule has 12 heteroatoms. The maximum atomic E-state index is 13.7. The van der Waals surface area contributed by atoms with Gasteiger partial charge in [-0.05, 0) is 44.5 Å². The average molecular weight is 567 g/mol. The Kier molecular flexibility index (Phi) is 6.75. The van der Waals surface area contributed by atoms with Crippen LogP contribution in [0.2, 0.25) is 0 Å². The molecule has 0 spiro atoms. The Bertz CT molecular complexity index is 1660. The predicted octanol–water partition coefficient (Wildman–Crippen LogP) is 5.02. The number of alkyl halides is 2. The number of rotatable bonds is 7. The molecule has 2 aliphatic rings.